The first-order chi connectivity index (χ1) is 14.2. The third kappa shape index (κ3) is 3.84. The Labute approximate surface area is 179 Å². The average Bonchev–Trinajstić information content (AvgIpc) is 3.09. The largest absolute Gasteiger partial charge is 0.487 e. The molecule has 0 amide bonds. The van der Waals surface area contributed by atoms with E-state index < -0.39 is 0 Å². The van der Waals surface area contributed by atoms with E-state index in [9.17, 15) is 4.79 Å². The molecule has 1 N–H and O–H groups in total. The molecule has 0 saturated heterocycles. The van der Waals surface area contributed by atoms with Crippen LogP contribution in [-0.4, -0.2) is 15.6 Å². The standard InChI is InChI=1S/C23H21N3O3.ClH/c1-15-10-21-20(13-25-15)19-6-5-17(11-22(19)29-21)26-9-7-18(12-23(26)27)28-14-16-4-2-3-8-24-16;/h2-9,11-12,15,25H,10,13-14H2,1H3;1H. The first-order valence-corrected chi connectivity index (χ1v) is 9.71. The molecule has 1 atom stereocenters. The molecule has 0 fully saturated rings. The monoisotopic (exact) mass is 423 g/mol. The van der Waals surface area contributed by atoms with Crippen LogP contribution in [0, 0.1) is 0 Å². The Balaban J connectivity index is 0.00000218. The van der Waals surface area contributed by atoms with Crippen molar-refractivity contribution in [1.82, 2.24) is 14.9 Å². The van der Waals surface area contributed by atoms with Crippen molar-refractivity contribution in [3.8, 4) is 11.4 Å². The van der Waals surface area contributed by atoms with Crippen molar-refractivity contribution in [3.05, 3.63) is 88.3 Å². The van der Waals surface area contributed by atoms with E-state index in [4.69, 9.17) is 9.15 Å². The maximum atomic E-state index is 12.7. The molecule has 4 heterocycles. The highest BCUT2D eigenvalue weighted by Crippen LogP contribution is 2.30. The zero-order valence-corrected chi connectivity index (χ0v) is 17.3. The smallest absolute Gasteiger partial charge is 0.258 e. The molecule has 0 bridgehead atoms. The number of nitrogens with one attached hydrogen (secondary N) is 1. The molecule has 0 spiro atoms. The molecule has 1 unspecified atom stereocenters. The highest BCUT2D eigenvalue weighted by Gasteiger charge is 2.21. The highest BCUT2D eigenvalue weighted by molar-refractivity contribution is 5.85. The average molecular weight is 424 g/mol. The molecule has 1 aromatic carbocycles. The molecule has 1 aliphatic rings. The lowest BCUT2D eigenvalue weighted by molar-refractivity contribution is 0.300. The van der Waals surface area contributed by atoms with Gasteiger partial charge in [0.1, 0.15) is 23.7 Å². The van der Waals surface area contributed by atoms with Crippen molar-refractivity contribution in [2.45, 2.75) is 32.5 Å². The van der Waals surface area contributed by atoms with Crippen LogP contribution in [0.5, 0.6) is 5.75 Å². The molecule has 5 rings (SSSR count). The van der Waals surface area contributed by atoms with Gasteiger partial charge in [0.15, 0.2) is 0 Å². The summed E-state index contributed by atoms with van der Waals surface area (Å²) in [6.45, 7) is 3.28. The molecule has 0 aliphatic carbocycles. The first-order valence-electron chi connectivity index (χ1n) is 9.71. The Hall–Kier alpha value is -3.09. The molecule has 0 saturated carbocycles. The molecule has 1 aliphatic heterocycles. The number of hydrogen-bond acceptors (Lipinski definition) is 5. The van der Waals surface area contributed by atoms with Crippen LogP contribution in [0.4, 0.5) is 0 Å². The summed E-state index contributed by atoms with van der Waals surface area (Å²) in [4.78, 5) is 16.9. The lowest BCUT2D eigenvalue weighted by Crippen LogP contribution is -2.32. The molecular weight excluding hydrogens is 402 g/mol. The fourth-order valence-corrected chi connectivity index (χ4v) is 3.73. The Kier molecular flexibility index (Phi) is 5.61. The van der Waals surface area contributed by atoms with E-state index in [2.05, 4.69) is 17.2 Å². The van der Waals surface area contributed by atoms with E-state index >= 15 is 0 Å². The van der Waals surface area contributed by atoms with Crippen LogP contribution >= 0.6 is 12.4 Å². The first kappa shape index (κ1) is 20.2. The number of fused-ring (bicyclic) bond motifs is 3. The minimum atomic E-state index is -0.158. The van der Waals surface area contributed by atoms with E-state index in [-0.39, 0.29) is 18.0 Å². The second-order valence-electron chi connectivity index (χ2n) is 7.35. The predicted molar refractivity (Wildman–Crippen MR) is 118 cm³/mol. The number of aromatic nitrogens is 2. The third-order valence-electron chi connectivity index (χ3n) is 5.26. The lowest BCUT2D eigenvalue weighted by atomic mass is 10.0. The third-order valence-corrected chi connectivity index (χ3v) is 5.26. The second-order valence-corrected chi connectivity index (χ2v) is 7.35. The van der Waals surface area contributed by atoms with Crippen LogP contribution in [-0.2, 0) is 19.6 Å². The van der Waals surface area contributed by atoms with E-state index in [0.29, 0.717) is 18.4 Å². The Morgan fingerprint density at radius 1 is 1.23 bits per heavy atom. The van der Waals surface area contributed by atoms with Gasteiger partial charge in [-0.05, 0) is 37.3 Å². The lowest BCUT2D eigenvalue weighted by Gasteiger charge is -2.18. The van der Waals surface area contributed by atoms with Gasteiger partial charge >= 0.3 is 0 Å². The van der Waals surface area contributed by atoms with Gasteiger partial charge in [-0.3, -0.25) is 14.3 Å². The minimum absolute atomic E-state index is 0. The fraction of sp³-hybridized carbons (Fsp3) is 0.217. The summed E-state index contributed by atoms with van der Waals surface area (Å²) in [5.41, 5.74) is 3.45. The van der Waals surface area contributed by atoms with E-state index in [1.807, 2.05) is 36.4 Å². The number of benzene rings is 1. The zero-order valence-electron chi connectivity index (χ0n) is 16.5. The van der Waals surface area contributed by atoms with Crippen molar-refractivity contribution in [2.24, 2.45) is 0 Å². The Bertz CT molecular complexity index is 1230. The van der Waals surface area contributed by atoms with Crippen molar-refractivity contribution < 1.29 is 9.15 Å². The number of nitrogens with zero attached hydrogens (tertiary/aromatic N) is 2. The number of rotatable bonds is 4. The van der Waals surface area contributed by atoms with Crippen LogP contribution in [0.3, 0.4) is 0 Å². The van der Waals surface area contributed by atoms with Gasteiger partial charge in [0.25, 0.3) is 5.56 Å². The summed E-state index contributed by atoms with van der Waals surface area (Å²) < 4.78 is 13.4. The summed E-state index contributed by atoms with van der Waals surface area (Å²) in [7, 11) is 0. The quantitative estimate of drug-likeness (QED) is 0.537. The van der Waals surface area contributed by atoms with Gasteiger partial charge < -0.3 is 14.5 Å². The topological polar surface area (TPSA) is 69.3 Å². The number of ether oxygens (including phenoxy) is 1. The van der Waals surface area contributed by atoms with Gasteiger partial charge in [-0.25, -0.2) is 0 Å². The van der Waals surface area contributed by atoms with Crippen molar-refractivity contribution >= 4 is 23.4 Å². The van der Waals surface area contributed by atoms with Crippen LogP contribution < -0.4 is 15.6 Å². The number of furan rings is 1. The van der Waals surface area contributed by atoms with E-state index in [0.717, 1.165) is 41.1 Å². The van der Waals surface area contributed by atoms with Crippen molar-refractivity contribution in [3.63, 3.8) is 0 Å². The number of halogens is 1. The number of hydrogen-bond donors (Lipinski definition) is 1. The van der Waals surface area contributed by atoms with Crippen LogP contribution in [0.2, 0.25) is 0 Å². The molecule has 30 heavy (non-hydrogen) atoms. The Morgan fingerprint density at radius 2 is 2.13 bits per heavy atom. The van der Waals surface area contributed by atoms with Gasteiger partial charge in [0.2, 0.25) is 0 Å². The summed E-state index contributed by atoms with van der Waals surface area (Å²) in [5.74, 6) is 1.56. The minimum Gasteiger partial charge on any atom is -0.487 e. The van der Waals surface area contributed by atoms with E-state index in [1.165, 1.54) is 11.6 Å². The van der Waals surface area contributed by atoms with Crippen molar-refractivity contribution in [2.75, 3.05) is 0 Å². The normalized spacial score (nSPS) is 15.4. The Morgan fingerprint density at radius 3 is 2.93 bits per heavy atom. The summed E-state index contributed by atoms with van der Waals surface area (Å²) in [5, 5.41) is 4.57. The molecule has 0 radical (unpaired) electrons. The SMILES string of the molecule is CC1Cc2oc3cc(-n4ccc(OCc5ccccn5)cc4=O)ccc3c2CN1.Cl. The number of pyridine rings is 2. The van der Waals surface area contributed by atoms with E-state index in [1.54, 1.807) is 23.0 Å². The maximum absolute atomic E-state index is 12.7. The fourth-order valence-electron chi connectivity index (χ4n) is 3.73. The summed E-state index contributed by atoms with van der Waals surface area (Å²) >= 11 is 0. The zero-order chi connectivity index (χ0) is 19.8. The molecule has 7 heteroatoms. The summed E-state index contributed by atoms with van der Waals surface area (Å²) in [6, 6.07) is 15.2. The molecule has 3 aromatic heterocycles. The predicted octanol–water partition coefficient (Wildman–Crippen LogP) is 4.01. The van der Waals surface area contributed by atoms with Crippen LogP contribution in [0.15, 0.2) is 70.1 Å². The highest BCUT2D eigenvalue weighted by atomic mass is 35.5. The molecule has 4 aromatic rings. The van der Waals surface area contributed by atoms with Crippen LogP contribution in [0.25, 0.3) is 16.7 Å². The second kappa shape index (κ2) is 8.34. The van der Waals surface area contributed by atoms with Gasteiger partial charge in [0, 0.05) is 54.5 Å². The van der Waals surface area contributed by atoms with Gasteiger partial charge in [-0.2, -0.15) is 0 Å². The van der Waals surface area contributed by atoms with Crippen LogP contribution in [0.1, 0.15) is 23.9 Å². The maximum Gasteiger partial charge on any atom is 0.258 e. The van der Waals surface area contributed by atoms with Gasteiger partial charge in [-0.15, -0.1) is 12.4 Å². The van der Waals surface area contributed by atoms with Crippen molar-refractivity contribution in [1.29, 1.82) is 0 Å². The summed E-state index contributed by atoms with van der Waals surface area (Å²) in [6.07, 6.45) is 4.32. The molecule has 154 valence electrons. The molecule has 6 nitrogen and oxygen atoms in total. The molecular formula is C23H22ClN3O3. The van der Waals surface area contributed by atoms with Gasteiger partial charge in [-0.1, -0.05) is 6.07 Å². The van der Waals surface area contributed by atoms with Gasteiger partial charge in [0.05, 0.1) is 11.4 Å².